The van der Waals surface area contributed by atoms with Gasteiger partial charge in [-0.2, -0.15) is 0 Å². The Morgan fingerprint density at radius 1 is 1.24 bits per heavy atom. The Kier molecular flexibility index (Phi) is 4.61. The number of hydrogen-bond donors (Lipinski definition) is 1. The first-order valence-corrected chi connectivity index (χ1v) is 8.11. The van der Waals surface area contributed by atoms with Crippen molar-refractivity contribution in [2.24, 2.45) is 0 Å². The smallest absolute Gasteiger partial charge is 0.267 e. The van der Waals surface area contributed by atoms with Crippen molar-refractivity contribution in [3.8, 4) is 11.5 Å². The van der Waals surface area contributed by atoms with Crippen LogP contribution in [0, 0.1) is 0 Å². The van der Waals surface area contributed by atoms with Gasteiger partial charge in [0.05, 0.1) is 12.8 Å². The van der Waals surface area contributed by atoms with Gasteiger partial charge in [-0.3, -0.25) is 9.59 Å². The number of methoxy groups -OCH3 is 1. The molecule has 1 aliphatic rings. The topological polar surface area (TPSA) is 67.9 Å². The predicted octanol–water partition coefficient (Wildman–Crippen LogP) is 3.08. The molecule has 6 heteroatoms. The lowest BCUT2D eigenvalue weighted by atomic mass is 10.1. The number of carbonyl (C=O) groups is 2. The van der Waals surface area contributed by atoms with Crippen LogP contribution in [-0.4, -0.2) is 31.6 Å². The number of nitrogens with zero attached hydrogens (tertiary/aromatic N) is 1. The van der Waals surface area contributed by atoms with Crippen molar-refractivity contribution in [3.63, 3.8) is 0 Å². The molecule has 0 spiro atoms. The number of amides is 2. The summed E-state index contributed by atoms with van der Waals surface area (Å²) in [5, 5.41) is 2.84. The van der Waals surface area contributed by atoms with Gasteiger partial charge in [0.25, 0.3) is 11.8 Å². The lowest BCUT2D eigenvalue weighted by molar-refractivity contribution is -0.125. The SMILES string of the molecule is CCN1C(=O)C(C)Oc2ccc(NC(=O)c3ccc(OC)cc3)cc21. The maximum atomic E-state index is 12.4. The van der Waals surface area contributed by atoms with E-state index in [1.807, 2.05) is 6.92 Å². The van der Waals surface area contributed by atoms with Crippen molar-refractivity contribution in [1.82, 2.24) is 0 Å². The zero-order valence-electron chi connectivity index (χ0n) is 14.4. The van der Waals surface area contributed by atoms with E-state index in [-0.39, 0.29) is 11.8 Å². The second-order valence-corrected chi connectivity index (χ2v) is 5.71. The Labute approximate surface area is 146 Å². The molecule has 2 aromatic rings. The molecule has 1 unspecified atom stereocenters. The van der Waals surface area contributed by atoms with Crippen LogP contribution in [0.4, 0.5) is 11.4 Å². The van der Waals surface area contributed by atoms with Crippen LogP contribution in [-0.2, 0) is 4.79 Å². The molecule has 130 valence electrons. The maximum Gasteiger partial charge on any atom is 0.267 e. The molecule has 6 nitrogen and oxygen atoms in total. The van der Waals surface area contributed by atoms with Crippen molar-refractivity contribution in [2.45, 2.75) is 20.0 Å². The van der Waals surface area contributed by atoms with Crippen LogP contribution in [0.25, 0.3) is 0 Å². The standard InChI is InChI=1S/C19H20N2O4/c1-4-21-16-11-14(7-10-17(16)25-12(2)19(21)23)20-18(22)13-5-8-15(24-3)9-6-13/h5-12H,4H2,1-3H3,(H,20,22). The molecule has 0 bridgehead atoms. The summed E-state index contributed by atoms with van der Waals surface area (Å²) in [6.07, 6.45) is -0.507. The van der Waals surface area contributed by atoms with E-state index in [0.717, 1.165) is 0 Å². The van der Waals surface area contributed by atoms with Gasteiger partial charge >= 0.3 is 0 Å². The lowest BCUT2D eigenvalue weighted by Gasteiger charge is -2.32. The third kappa shape index (κ3) is 3.28. The van der Waals surface area contributed by atoms with Crippen molar-refractivity contribution in [3.05, 3.63) is 48.0 Å². The molecule has 2 aromatic carbocycles. The van der Waals surface area contributed by atoms with E-state index in [4.69, 9.17) is 9.47 Å². The summed E-state index contributed by atoms with van der Waals surface area (Å²) in [5.41, 5.74) is 1.79. The van der Waals surface area contributed by atoms with Crippen molar-refractivity contribution >= 4 is 23.2 Å². The molecule has 0 saturated carbocycles. The van der Waals surface area contributed by atoms with Gasteiger partial charge in [-0.25, -0.2) is 0 Å². The van der Waals surface area contributed by atoms with Crippen LogP contribution in [0.5, 0.6) is 11.5 Å². The average Bonchev–Trinajstić information content (AvgIpc) is 2.63. The molecule has 2 amide bonds. The van der Waals surface area contributed by atoms with Gasteiger partial charge in [0, 0.05) is 17.8 Å². The minimum atomic E-state index is -0.507. The first-order chi connectivity index (χ1) is 12.0. The highest BCUT2D eigenvalue weighted by Crippen LogP contribution is 2.36. The fraction of sp³-hybridized carbons (Fsp3) is 0.263. The molecule has 1 atom stereocenters. The molecule has 0 fully saturated rings. The van der Waals surface area contributed by atoms with E-state index >= 15 is 0 Å². The second kappa shape index (κ2) is 6.84. The average molecular weight is 340 g/mol. The van der Waals surface area contributed by atoms with Crippen LogP contribution in [0.15, 0.2) is 42.5 Å². The van der Waals surface area contributed by atoms with Gasteiger partial charge in [0.2, 0.25) is 0 Å². The Morgan fingerprint density at radius 3 is 2.60 bits per heavy atom. The van der Waals surface area contributed by atoms with Crippen LogP contribution >= 0.6 is 0 Å². The molecule has 3 rings (SSSR count). The molecule has 1 heterocycles. The Hall–Kier alpha value is -3.02. The van der Waals surface area contributed by atoms with Gasteiger partial charge < -0.3 is 19.7 Å². The summed E-state index contributed by atoms with van der Waals surface area (Å²) in [4.78, 5) is 26.3. The number of carbonyl (C=O) groups excluding carboxylic acids is 2. The van der Waals surface area contributed by atoms with Gasteiger partial charge in [-0.15, -0.1) is 0 Å². The van der Waals surface area contributed by atoms with E-state index in [2.05, 4.69) is 5.32 Å². The Balaban J connectivity index is 1.83. The van der Waals surface area contributed by atoms with Crippen molar-refractivity contribution < 1.29 is 19.1 Å². The summed E-state index contributed by atoms with van der Waals surface area (Å²) < 4.78 is 10.7. The highest BCUT2D eigenvalue weighted by Gasteiger charge is 2.30. The van der Waals surface area contributed by atoms with Crippen LogP contribution in [0.2, 0.25) is 0 Å². The number of benzene rings is 2. The molecule has 25 heavy (non-hydrogen) atoms. The van der Waals surface area contributed by atoms with Gasteiger partial charge in [-0.1, -0.05) is 0 Å². The summed E-state index contributed by atoms with van der Waals surface area (Å²) >= 11 is 0. The van der Waals surface area contributed by atoms with E-state index in [1.54, 1.807) is 61.4 Å². The number of likely N-dealkylation sites (N-methyl/N-ethyl adjacent to an activating group) is 1. The first kappa shape index (κ1) is 16.8. The zero-order chi connectivity index (χ0) is 18.0. The number of fused-ring (bicyclic) bond motifs is 1. The number of nitrogens with one attached hydrogen (secondary N) is 1. The quantitative estimate of drug-likeness (QED) is 0.929. The molecule has 0 aliphatic carbocycles. The minimum Gasteiger partial charge on any atom is -0.497 e. The van der Waals surface area contributed by atoms with E-state index in [0.29, 0.717) is 35.0 Å². The molecule has 0 saturated heterocycles. The Morgan fingerprint density at radius 2 is 1.96 bits per heavy atom. The van der Waals surface area contributed by atoms with Crippen LogP contribution < -0.4 is 19.7 Å². The normalized spacial score (nSPS) is 16.0. The third-order valence-corrected chi connectivity index (χ3v) is 4.09. The summed E-state index contributed by atoms with van der Waals surface area (Å²) in [6.45, 7) is 4.17. The molecule has 0 aromatic heterocycles. The number of anilines is 2. The number of ether oxygens (including phenoxy) is 2. The van der Waals surface area contributed by atoms with Crippen molar-refractivity contribution in [2.75, 3.05) is 23.9 Å². The molecule has 0 radical (unpaired) electrons. The van der Waals surface area contributed by atoms with Crippen molar-refractivity contribution in [1.29, 1.82) is 0 Å². The van der Waals surface area contributed by atoms with Crippen LogP contribution in [0.1, 0.15) is 24.2 Å². The zero-order valence-corrected chi connectivity index (χ0v) is 14.4. The van der Waals surface area contributed by atoms with Gasteiger partial charge in [-0.05, 0) is 56.3 Å². The third-order valence-electron chi connectivity index (χ3n) is 4.09. The monoisotopic (exact) mass is 340 g/mol. The van der Waals surface area contributed by atoms with E-state index in [9.17, 15) is 9.59 Å². The van der Waals surface area contributed by atoms with Gasteiger partial charge in [0.1, 0.15) is 11.5 Å². The maximum absolute atomic E-state index is 12.4. The molecule has 1 N–H and O–H groups in total. The first-order valence-electron chi connectivity index (χ1n) is 8.11. The van der Waals surface area contributed by atoms with Gasteiger partial charge in [0.15, 0.2) is 6.10 Å². The number of hydrogen-bond acceptors (Lipinski definition) is 4. The highest BCUT2D eigenvalue weighted by molar-refractivity contribution is 6.05. The Bertz CT molecular complexity index is 802. The highest BCUT2D eigenvalue weighted by atomic mass is 16.5. The fourth-order valence-electron chi connectivity index (χ4n) is 2.76. The lowest BCUT2D eigenvalue weighted by Crippen LogP contribution is -2.44. The van der Waals surface area contributed by atoms with E-state index in [1.165, 1.54) is 0 Å². The molecular formula is C19H20N2O4. The second-order valence-electron chi connectivity index (χ2n) is 5.71. The van der Waals surface area contributed by atoms with Crippen LogP contribution in [0.3, 0.4) is 0 Å². The summed E-state index contributed by atoms with van der Waals surface area (Å²) in [7, 11) is 1.58. The van der Waals surface area contributed by atoms with E-state index < -0.39 is 6.10 Å². The molecular weight excluding hydrogens is 320 g/mol. The predicted molar refractivity (Wildman–Crippen MR) is 95.5 cm³/mol. The largest absolute Gasteiger partial charge is 0.497 e. The minimum absolute atomic E-state index is 0.0892. The summed E-state index contributed by atoms with van der Waals surface area (Å²) in [5.74, 6) is 1.00. The molecule has 1 aliphatic heterocycles. The summed E-state index contributed by atoms with van der Waals surface area (Å²) in [6, 6.07) is 12.1. The number of rotatable bonds is 4. The fourth-order valence-corrected chi connectivity index (χ4v) is 2.76.